The van der Waals surface area contributed by atoms with Gasteiger partial charge in [0.25, 0.3) is 0 Å². The fourth-order valence-electron chi connectivity index (χ4n) is 2.68. The second-order valence-electron chi connectivity index (χ2n) is 6.16. The highest BCUT2D eigenvalue weighted by Gasteiger charge is 2.48. The lowest BCUT2D eigenvalue weighted by atomic mass is 9.88. The van der Waals surface area contributed by atoms with Crippen LogP contribution in [0.3, 0.4) is 0 Å². The Bertz CT molecular complexity index is 552. The van der Waals surface area contributed by atoms with E-state index in [-0.39, 0.29) is 24.3 Å². The van der Waals surface area contributed by atoms with E-state index in [1.54, 1.807) is 24.9 Å². The number of nitrogens with zero attached hydrogens (tertiary/aromatic N) is 2. The number of carbonyl (C=O) groups is 2. The van der Waals surface area contributed by atoms with E-state index in [2.05, 4.69) is 10.3 Å². The van der Waals surface area contributed by atoms with Crippen molar-refractivity contribution in [2.24, 2.45) is 5.92 Å². The molecular weight excluding hydrogens is 270 g/mol. The minimum Gasteiger partial charge on any atom is -0.444 e. The molecule has 1 aliphatic heterocycles. The zero-order chi connectivity index (χ0) is 15.8. The maximum absolute atomic E-state index is 12.8. The number of carbonyl (C=O) groups excluding carboxylic acids is 2. The zero-order valence-corrected chi connectivity index (χ0v) is 13.3. The molecule has 0 aromatic carbocycles. The lowest BCUT2D eigenvalue weighted by Gasteiger charge is -2.45. The number of amides is 2. The van der Waals surface area contributed by atoms with Gasteiger partial charge in [0.15, 0.2) is 0 Å². The molecule has 0 radical (unpaired) electrons. The third-order valence-electron chi connectivity index (χ3n) is 4.05. The van der Waals surface area contributed by atoms with Crippen LogP contribution in [0.2, 0.25) is 0 Å². The van der Waals surface area contributed by atoms with Crippen LogP contribution in [0, 0.1) is 12.8 Å². The van der Waals surface area contributed by atoms with Gasteiger partial charge < -0.3 is 14.6 Å². The van der Waals surface area contributed by atoms with Crippen molar-refractivity contribution in [3.8, 4) is 0 Å². The first-order chi connectivity index (χ1) is 9.78. The van der Waals surface area contributed by atoms with E-state index >= 15 is 0 Å². The van der Waals surface area contributed by atoms with Gasteiger partial charge in [-0.2, -0.15) is 0 Å². The van der Waals surface area contributed by atoms with Gasteiger partial charge in [-0.05, 0) is 26.2 Å². The van der Waals surface area contributed by atoms with E-state index in [0.29, 0.717) is 18.1 Å². The molecule has 0 aliphatic carbocycles. The molecule has 2 amide bonds. The number of oxazole rings is 1. The maximum Gasteiger partial charge on any atom is 0.249 e. The SMILES string of the molecule is CCC1(C)NC(=O)C(C(C)C)N(Cc2ncc(C)o2)C1=O. The summed E-state index contributed by atoms with van der Waals surface area (Å²) in [6, 6.07) is -0.496. The van der Waals surface area contributed by atoms with Crippen LogP contribution in [0.15, 0.2) is 10.6 Å². The van der Waals surface area contributed by atoms with Gasteiger partial charge in [0.1, 0.15) is 17.3 Å². The molecule has 1 aromatic heterocycles. The fraction of sp³-hybridized carbons (Fsp3) is 0.667. The number of nitrogens with one attached hydrogen (secondary N) is 1. The van der Waals surface area contributed by atoms with E-state index in [4.69, 9.17) is 4.42 Å². The second-order valence-corrected chi connectivity index (χ2v) is 6.16. The third kappa shape index (κ3) is 2.80. The molecule has 2 rings (SSSR count). The minimum atomic E-state index is -0.857. The summed E-state index contributed by atoms with van der Waals surface area (Å²) in [5, 5.41) is 2.86. The van der Waals surface area contributed by atoms with Crippen molar-refractivity contribution in [3.63, 3.8) is 0 Å². The first-order valence-electron chi connectivity index (χ1n) is 7.33. The third-order valence-corrected chi connectivity index (χ3v) is 4.05. The quantitative estimate of drug-likeness (QED) is 0.915. The number of hydrogen-bond donors (Lipinski definition) is 1. The van der Waals surface area contributed by atoms with Crippen LogP contribution in [0.25, 0.3) is 0 Å². The Kier molecular flexibility index (Phi) is 4.07. The summed E-state index contributed by atoms with van der Waals surface area (Å²) in [4.78, 5) is 30.9. The van der Waals surface area contributed by atoms with Crippen LogP contribution in [-0.4, -0.2) is 33.3 Å². The van der Waals surface area contributed by atoms with Crippen molar-refractivity contribution >= 4 is 11.8 Å². The van der Waals surface area contributed by atoms with Crippen molar-refractivity contribution in [2.45, 2.75) is 59.2 Å². The highest BCUT2D eigenvalue weighted by molar-refractivity contribution is 5.99. The molecule has 0 spiro atoms. The Hall–Kier alpha value is -1.85. The molecule has 2 heterocycles. The molecule has 2 unspecified atom stereocenters. The van der Waals surface area contributed by atoms with Crippen LogP contribution in [0.1, 0.15) is 45.8 Å². The first kappa shape index (κ1) is 15.5. The number of rotatable bonds is 4. The lowest BCUT2D eigenvalue weighted by Crippen LogP contribution is -2.69. The smallest absolute Gasteiger partial charge is 0.249 e. The molecule has 1 aliphatic rings. The highest BCUT2D eigenvalue weighted by Crippen LogP contribution is 2.26. The summed E-state index contributed by atoms with van der Waals surface area (Å²) in [5.41, 5.74) is -0.857. The maximum atomic E-state index is 12.8. The summed E-state index contributed by atoms with van der Waals surface area (Å²) in [6.45, 7) is 9.54. The molecule has 1 aromatic rings. The Morgan fingerprint density at radius 1 is 1.48 bits per heavy atom. The first-order valence-corrected chi connectivity index (χ1v) is 7.33. The van der Waals surface area contributed by atoms with Crippen LogP contribution >= 0.6 is 0 Å². The van der Waals surface area contributed by atoms with Gasteiger partial charge in [-0.3, -0.25) is 9.59 Å². The highest BCUT2D eigenvalue weighted by atomic mass is 16.4. The molecule has 116 valence electrons. The van der Waals surface area contributed by atoms with Gasteiger partial charge >= 0.3 is 0 Å². The van der Waals surface area contributed by atoms with Crippen molar-refractivity contribution in [1.29, 1.82) is 0 Å². The molecule has 1 N–H and O–H groups in total. The van der Waals surface area contributed by atoms with Gasteiger partial charge in [0.05, 0.1) is 12.7 Å². The molecule has 1 saturated heterocycles. The largest absolute Gasteiger partial charge is 0.444 e. The van der Waals surface area contributed by atoms with Crippen molar-refractivity contribution in [1.82, 2.24) is 15.2 Å². The van der Waals surface area contributed by atoms with Crippen LogP contribution < -0.4 is 5.32 Å². The lowest BCUT2D eigenvalue weighted by molar-refractivity contribution is -0.157. The Morgan fingerprint density at radius 3 is 2.62 bits per heavy atom. The Morgan fingerprint density at radius 2 is 2.14 bits per heavy atom. The molecule has 0 saturated carbocycles. The van der Waals surface area contributed by atoms with Crippen LogP contribution in [0.4, 0.5) is 0 Å². The van der Waals surface area contributed by atoms with E-state index in [9.17, 15) is 9.59 Å². The summed E-state index contributed by atoms with van der Waals surface area (Å²) < 4.78 is 5.46. The van der Waals surface area contributed by atoms with Crippen molar-refractivity contribution in [3.05, 3.63) is 17.8 Å². The topological polar surface area (TPSA) is 75.4 Å². The molecule has 6 nitrogen and oxygen atoms in total. The van der Waals surface area contributed by atoms with Gasteiger partial charge in [-0.15, -0.1) is 0 Å². The molecular formula is C15H23N3O3. The Balaban J connectivity index is 2.34. The predicted octanol–water partition coefficient (Wildman–Crippen LogP) is 1.63. The monoisotopic (exact) mass is 293 g/mol. The minimum absolute atomic E-state index is 0.0198. The van der Waals surface area contributed by atoms with Gasteiger partial charge in [-0.1, -0.05) is 20.8 Å². The van der Waals surface area contributed by atoms with Crippen LogP contribution in [-0.2, 0) is 16.1 Å². The second kappa shape index (κ2) is 5.50. The van der Waals surface area contributed by atoms with E-state index in [1.807, 2.05) is 20.8 Å². The van der Waals surface area contributed by atoms with E-state index < -0.39 is 11.6 Å². The van der Waals surface area contributed by atoms with Crippen molar-refractivity contribution in [2.75, 3.05) is 0 Å². The molecule has 2 atom stereocenters. The summed E-state index contributed by atoms with van der Waals surface area (Å²) in [5.74, 6) is 0.973. The summed E-state index contributed by atoms with van der Waals surface area (Å²) in [7, 11) is 0. The van der Waals surface area contributed by atoms with E-state index in [1.165, 1.54) is 0 Å². The zero-order valence-electron chi connectivity index (χ0n) is 13.3. The summed E-state index contributed by atoms with van der Waals surface area (Å²) >= 11 is 0. The molecule has 1 fully saturated rings. The molecule has 21 heavy (non-hydrogen) atoms. The number of hydrogen-bond acceptors (Lipinski definition) is 4. The van der Waals surface area contributed by atoms with Gasteiger partial charge in [0, 0.05) is 0 Å². The van der Waals surface area contributed by atoms with E-state index in [0.717, 1.165) is 0 Å². The number of piperazine rings is 1. The Labute approximate surface area is 124 Å². The van der Waals surface area contributed by atoms with Gasteiger partial charge in [0.2, 0.25) is 17.7 Å². The predicted molar refractivity (Wildman–Crippen MR) is 77.3 cm³/mol. The summed E-state index contributed by atoms with van der Waals surface area (Å²) in [6.07, 6.45) is 2.16. The standard InChI is InChI=1S/C15H23N3O3/c1-6-15(5)14(20)18(8-11-16-7-10(4)21-11)12(9(2)3)13(19)17-15/h7,9,12H,6,8H2,1-5H3,(H,17,19). The normalized spacial score (nSPS) is 26.4. The number of aromatic nitrogens is 1. The fourth-order valence-corrected chi connectivity index (χ4v) is 2.68. The average Bonchev–Trinajstić information content (AvgIpc) is 2.80. The van der Waals surface area contributed by atoms with Gasteiger partial charge in [-0.25, -0.2) is 4.98 Å². The average molecular weight is 293 g/mol. The molecule has 6 heteroatoms. The molecule has 0 bridgehead atoms. The van der Waals surface area contributed by atoms with Crippen LogP contribution in [0.5, 0.6) is 0 Å². The number of aryl methyl sites for hydroxylation is 1. The van der Waals surface area contributed by atoms with Crippen molar-refractivity contribution < 1.29 is 14.0 Å².